The van der Waals surface area contributed by atoms with Gasteiger partial charge in [-0.2, -0.15) is 0 Å². The molecule has 3 aliphatic rings. The molecule has 0 atom stereocenters. The van der Waals surface area contributed by atoms with Crippen molar-refractivity contribution in [3.63, 3.8) is 0 Å². The number of hydrogen-bond acceptors (Lipinski definition) is 14. The van der Waals surface area contributed by atoms with Crippen LogP contribution in [0, 0.1) is 6.92 Å². The lowest BCUT2D eigenvalue weighted by Crippen LogP contribution is -2.33. The predicted octanol–water partition coefficient (Wildman–Crippen LogP) is 21.0. The first-order valence-electron chi connectivity index (χ1n) is 36.7. The second-order valence-corrected chi connectivity index (χ2v) is 27.0. The minimum atomic E-state index is 0.226. The van der Waals surface area contributed by atoms with Crippen LogP contribution >= 0.6 is 0 Å². The van der Waals surface area contributed by atoms with Crippen molar-refractivity contribution in [2.24, 2.45) is 0 Å². The standard InChI is InChI=1S/C30H32N2O2.2C30H31NO4/c1-22-5-7-23(8-6-22)28-15-9-24-21-26(33)12-16-29(24)30(28)34-27-13-10-25(11-14-27)31-17-20-32-18-3-2-4-19-32;1-33-25-9-5-22(6-10-25)28-15-7-23-21-24(32)8-16-29(23)30(28)35-27-13-11-26(12-14-27)34-20-19-31-17-3-2-4-18-31;1-33-27-7-5-6-22(21-27)28-14-8-23-20-24(32)9-15-29(23)30(28)35-26-12-10-25(11-13-26)34-19-18-31-16-3-2-4-17-31/h5-16,21,31,33H,2-4,17-20H2,1H3;5-16,21,32H,2-4,17-20H2,1H3;5-15,20-21,32H,2-4,16-19H2,1H3. The Hall–Kier alpha value is -10.9. The number of piperidine rings is 3. The van der Waals surface area contributed by atoms with Crippen LogP contribution in [0.5, 0.6) is 74.7 Å². The molecule has 3 fully saturated rings. The minimum Gasteiger partial charge on any atom is -0.508 e. The number of nitrogens with zero attached hydrogens (tertiary/aromatic N) is 3. The Morgan fingerprint density at radius 3 is 1.11 bits per heavy atom. The van der Waals surface area contributed by atoms with E-state index in [1.807, 2.05) is 158 Å². The Labute approximate surface area is 611 Å². The van der Waals surface area contributed by atoms with Crippen LogP contribution < -0.4 is 38.5 Å². The molecule has 3 saturated heterocycles. The fourth-order valence-electron chi connectivity index (χ4n) is 13.9. The second kappa shape index (κ2) is 35.3. The first-order valence-corrected chi connectivity index (χ1v) is 36.7. The molecule has 0 aromatic heterocycles. The van der Waals surface area contributed by atoms with Crippen LogP contribution in [0.2, 0.25) is 0 Å². The van der Waals surface area contributed by atoms with E-state index in [9.17, 15) is 15.3 Å². The zero-order chi connectivity index (χ0) is 71.4. The van der Waals surface area contributed by atoms with E-state index in [-0.39, 0.29) is 17.2 Å². The summed E-state index contributed by atoms with van der Waals surface area (Å²) in [6.07, 6.45) is 11.9. The number of rotatable bonds is 23. The molecule has 12 aromatic carbocycles. The van der Waals surface area contributed by atoms with Crippen molar-refractivity contribution in [1.82, 2.24) is 14.7 Å². The summed E-state index contributed by atoms with van der Waals surface area (Å²) in [6.45, 7) is 14.6. The van der Waals surface area contributed by atoms with Crippen LogP contribution in [0.15, 0.2) is 237 Å². The summed E-state index contributed by atoms with van der Waals surface area (Å²) < 4.78 is 42.1. The van der Waals surface area contributed by atoms with Crippen molar-refractivity contribution >= 4 is 38.0 Å². The van der Waals surface area contributed by atoms with Crippen molar-refractivity contribution in [2.45, 2.75) is 64.7 Å². The summed E-state index contributed by atoms with van der Waals surface area (Å²) in [5, 5.41) is 39.0. The lowest BCUT2D eigenvalue weighted by Gasteiger charge is -2.26. The molecule has 0 amide bonds. The zero-order valence-electron chi connectivity index (χ0n) is 59.9. The van der Waals surface area contributed by atoms with Gasteiger partial charge in [-0.15, -0.1) is 0 Å². The highest BCUT2D eigenvalue weighted by Crippen LogP contribution is 2.45. The van der Waals surface area contributed by atoms with Gasteiger partial charge in [-0.25, -0.2) is 0 Å². The van der Waals surface area contributed by atoms with Gasteiger partial charge >= 0.3 is 0 Å². The average Bonchev–Trinajstić information content (AvgIpc) is 0.789. The molecule has 0 radical (unpaired) electrons. The van der Waals surface area contributed by atoms with E-state index < -0.39 is 0 Å². The number of likely N-dealkylation sites (tertiary alicyclic amines) is 3. The maximum absolute atomic E-state index is 9.98. The van der Waals surface area contributed by atoms with Crippen molar-refractivity contribution in [3.8, 4) is 108 Å². The van der Waals surface area contributed by atoms with Gasteiger partial charge in [0, 0.05) is 64.7 Å². The van der Waals surface area contributed by atoms with E-state index in [1.165, 1.54) is 103 Å². The first kappa shape index (κ1) is 71.5. The molecule has 3 aliphatic heterocycles. The Balaban J connectivity index is 0.000000139. The lowest BCUT2D eigenvalue weighted by atomic mass is 9.98. The van der Waals surface area contributed by atoms with E-state index in [0.29, 0.717) is 13.2 Å². The van der Waals surface area contributed by atoms with Gasteiger partial charge in [0.15, 0.2) is 0 Å². The van der Waals surface area contributed by atoms with E-state index >= 15 is 0 Å². The number of aryl methyl sites for hydroxylation is 1. The molecule has 104 heavy (non-hydrogen) atoms. The molecule has 0 aliphatic carbocycles. The van der Waals surface area contributed by atoms with Gasteiger partial charge in [0.2, 0.25) is 0 Å². The molecule has 0 saturated carbocycles. The number of phenols is 3. The molecular weight excluding hydrogens is 1300 g/mol. The Morgan fingerprint density at radius 1 is 0.327 bits per heavy atom. The third-order valence-electron chi connectivity index (χ3n) is 19.6. The number of aromatic hydroxyl groups is 3. The molecule has 0 unspecified atom stereocenters. The highest BCUT2D eigenvalue weighted by atomic mass is 16.5. The summed E-state index contributed by atoms with van der Waals surface area (Å²) in [5.74, 6) is 8.48. The van der Waals surface area contributed by atoms with Crippen LogP contribution in [-0.4, -0.2) is 123 Å². The number of hydrogen-bond donors (Lipinski definition) is 4. The Bertz CT molecular complexity index is 4740. The van der Waals surface area contributed by atoms with Gasteiger partial charge in [-0.1, -0.05) is 91.6 Å². The quantitative estimate of drug-likeness (QED) is 0.0482. The fraction of sp³-hybridized carbons (Fsp3) is 0.267. The zero-order valence-corrected chi connectivity index (χ0v) is 59.9. The van der Waals surface area contributed by atoms with Gasteiger partial charge in [0.05, 0.1) is 14.2 Å². The largest absolute Gasteiger partial charge is 0.508 e. The second-order valence-electron chi connectivity index (χ2n) is 27.0. The Morgan fingerprint density at radius 2 is 0.692 bits per heavy atom. The molecule has 15 rings (SSSR count). The van der Waals surface area contributed by atoms with Crippen molar-refractivity contribution in [3.05, 3.63) is 242 Å². The molecular formula is C90H94N4O10. The van der Waals surface area contributed by atoms with Crippen LogP contribution in [0.25, 0.3) is 65.7 Å². The number of fused-ring (bicyclic) bond motifs is 3. The highest BCUT2D eigenvalue weighted by Gasteiger charge is 2.19. The number of nitrogens with one attached hydrogen (secondary N) is 1. The molecule has 12 aromatic rings. The average molecular weight is 1390 g/mol. The van der Waals surface area contributed by atoms with Crippen LogP contribution in [0.1, 0.15) is 63.4 Å². The summed E-state index contributed by atoms with van der Waals surface area (Å²) in [7, 11) is 3.32. The summed E-state index contributed by atoms with van der Waals surface area (Å²) >= 11 is 0. The maximum Gasteiger partial charge on any atom is 0.143 e. The smallest absolute Gasteiger partial charge is 0.143 e. The Kier molecular flexibility index (Phi) is 24.3. The van der Waals surface area contributed by atoms with E-state index in [1.54, 1.807) is 50.6 Å². The monoisotopic (exact) mass is 1390 g/mol. The first-order chi connectivity index (χ1) is 51.0. The number of benzene rings is 12. The minimum absolute atomic E-state index is 0.226. The summed E-state index contributed by atoms with van der Waals surface area (Å²) in [4.78, 5) is 7.48. The molecule has 14 heteroatoms. The highest BCUT2D eigenvalue weighted by molar-refractivity contribution is 5.98. The van der Waals surface area contributed by atoms with Crippen molar-refractivity contribution in [1.29, 1.82) is 0 Å². The third-order valence-corrected chi connectivity index (χ3v) is 19.6. The number of methoxy groups -OCH3 is 2. The maximum atomic E-state index is 9.98. The number of anilines is 1. The number of phenolic OH excluding ortho intramolecular Hbond substituents is 3. The molecule has 3 heterocycles. The third kappa shape index (κ3) is 19.0. The van der Waals surface area contributed by atoms with Gasteiger partial charge in [-0.3, -0.25) is 9.80 Å². The van der Waals surface area contributed by atoms with E-state index in [4.69, 9.17) is 33.2 Å². The van der Waals surface area contributed by atoms with Gasteiger partial charge in [0.25, 0.3) is 0 Å². The van der Waals surface area contributed by atoms with E-state index in [0.717, 1.165) is 155 Å². The predicted molar refractivity (Wildman–Crippen MR) is 421 cm³/mol. The molecule has 0 bridgehead atoms. The van der Waals surface area contributed by atoms with E-state index in [2.05, 4.69) is 69.4 Å². The van der Waals surface area contributed by atoms with Crippen molar-refractivity contribution < 1.29 is 48.5 Å². The van der Waals surface area contributed by atoms with Crippen molar-refractivity contribution in [2.75, 3.05) is 98.2 Å². The normalized spacial score (nSPS) is 14.1. The van der Waals surface area contributed by atoms with Gasteiger partial charge in [-0.05, 0) is 287 Å². The number of ether oxygens (including phenoxy) is 7. The van der Waals surface area contributed by atoms with Gasteiger partial charge in [0.1, 0.15) is 88.0 Å². The SMILES string of the molecule is COc1ccc(-c2ccc3cc(O)ccc3c2Oc2ccc(OCCN3CCCCC3)cc2)cc1.COc1cccc(-c2ccc3cc(O)ccc3c2Oc2ccc(OCCN3CCCCC3)cc2)c1.Cc1ccc(-c2ccc3cc(O)ccc3c2Oc2ccc(NCCN3CCCCC3)cc2)cc1. The fourth-order valence-corrected chi connectivity index (χ4v) is 13.9. The van der Waals surface area contributed by atoms with Crippen LogP contribution in [-0.2, 0) is 0 Å². The molecule has 14 nitrogen and oxygen atoms in total. The van der Waals surface area contributed by atoms with Crippen LogP contribution in [0.3, 0.4) is 0 Å². The molecule has 4 N–H and O–H groups in total. The summed E-state index contributed by atoms with van der Waals surface area (Å²) in [6, 6.07) is 76.3. The lowest BCUT2D eigenvalue weighted by molar-refractivity contribution is 0.183. The van der Waals surface area contributed by atoms with Crippen LogP contribution in [0.4, 0.5) is 5.69 Å². The topological polar surface area (TPSA) is 147 Å². The van der Waals surface area contributed by atoms with Gasteiger partial charge < -0.3 is 58.7 Å². The molecule has 534 valence electrons. The molecule has 0 spiro atoms. The summed E-state index contributed by atoms with van der Waals surface area (Å²) in [5.41, 5.74) is 8.39.